The van der Waals surface area contributed by atoms with Gasteiger partial charge in [0.2, 0.25) is 0 Å². The molecule has 0 atom stereocenters. The first-order chi connectivity index (χ1) is 8.54. The SMILES string of the molecule is CC1CCC(C#N)(Cc2ccc(Cl)c(F)c2)CC1. The smallest absolute Gasteiger partial charge is 0.142 e. The van der Waals surface area contributed by atoms with Crippen LogP contribution in [0.4, 0.5) is 4.39 Å². The number of nitrogens with zero attached hydrogens (tertiary/aromatic N) is 1. The molecule has 96 valence electrons. The van der Waals surface area contributed by atoms with Gasteiger partial charge in [-0.15, -0.1) is 0 Å². The van der Waals surface area contributed by atoms with Crippen molar-refractivity contribution >= 4 is 11.6 Å². The molecule has 1 aliphatic rings. The topological polar surface area (TPSA) is 23.8 Å². The summed E-state index contributed by atoms with van der Waals surface area (Å²) in [4.78, 5) is 0. The van der Waals surface area contributed by atoms with Crippen molar-refractivity contribution in [2.24, 2.45) is 11.3 Å². The lowest BCUT2D eigenvalue weighted by Crippen LogP contribution is -2.27. The van der Waals surface area contributed by atoms with Gasteiger partial charge in [-0.25, -0.2) is 4.39 Å². The van der Waals surface area contributed by atoms with E-state index in [2.05, 4.69) is 13.0 Å². The lowest BCUT2D eigenvalue weighted by atomic mass is 9.69. The Morgan fingerprint density at radius 3 is 2.67 bits per heavy atom. The minimum absolute atomic E-state index is 0.141. The van der Waals surface area contributed by atoms with Crippen LogP contribution in [0, 0.1) is 28.5 Å². The van der Waals surface area contributed by atoms with E-state index in [0.29, 0.717) is 12.3 Å². The van der Waals surface area contributed by atoms with Gasteiger partial charge in [-0.2, -0.15) is 5.26 Å². The van der Waals surface area contributed by atoms with Crippen molar-refractivity contribution in [1.82, 2.24) is 0 Å². The summed E-state index contributed by atoms with van der Waals surface area (Å²) in [6.07, 6.45) is 4.63. The first-order valence-electron chi connectivity index (χ1n) is 6.40. The predicted octanol–water partition coefficient (Wildman–Crippen LogP) is 4.74. The lowest BCUT2D eigenvalue weighted by Gasteiger charge is -2.33. The van der Waals surface area contributed by atoms with E-state index < -0.39 is 5.82 Å². The molecule has 1 fully saturated rings. The fourth-order valence-corrected chi connectivity index (χ4v) is 2.80. The molecule has 2 rings (SSSR count). The van der Waals surface area contributed by atoms with Gasteiger partial charge in [0.05, 0.1) is 16.5 Å². The summed E-state index contributed by atoms with van der Waals surface area (Å²) in [6, 6.07) is 7.32. The number of hydrogen-bond donors (Lipinski definition) is 0. The molecule has 0 N–H and O–H groups in total. The molecule has 1 nitrogen and oxygen atoms in total. The molecule has 0 amide bonds. The monoisotopic (exact) mass is 265 g/mol. The summed E-state index contributed by atoms with van der Waals surface area (Å²) in [6.45, 7) is 2.23. The van der Waals surface area contributed by atoms with E-state index in [0.717, 1.165) is 31.2 Å². The molecule has 3 heteroatoms. The molecule has 1 saturated carbocycles. The van der Waals surface area contributed by atoms with Crippen LogP contribution < -0.4 is 0 Å². The maximum absolute atomic E-state index is 13.4. The highest BCUT2D eigenvalue weighted by molar-refractivity contribution is 6.30. The molecule has 1 aromatic rings. The zero-order valence-corrected chi connectivity index (χ0v) is 11.3. The fraction of sp³-hybridized carbons (Fsp3) is 0.533. The van der Waals surface area contributed by atoms with Crippen molar-refractivity contribution in [3.63, 3.8) is 0 Å². The molecule has 0 heterocycles. The Labute approximate surface area is 113 Å². The van der Waals surface area contributed by atoms with Gasteiger partial charge in [-0.3, -0.25) is 0 Å². The van der Waals surface area contributed by atoms with Crippen molar-refractivity contribution < 1.29 is 4.39 Å². The molecule has 0 saturated heterocycles. The van der Waals surface area contributed by atoms with Crippen molar-refractivity contribution in [2.45, 2.75) is 39.0 Å². The average Bonchev–Trinajstić information content (AvgIpc) is 2.37. The normalized spacial score (nSPS) is 27.8. The van der Waals surface area contributed by atoms with E-state index in [1.54, 1.807) is 6.07 Å². The molecule has 0 aromatic heterocycles. The third-order valence-electron chi connectivity index (χ3n) is 4.00. The average molecular weight is 266 g/mol. The Morgan fingerprint density at radius 2 is 2.11 bits per heavy atom. The van der Waals surface area contributed by atoms with Crippen LogP contribution in [0.5, 0.6) is 0 Å². The highest BCUT2D eigenvalue weighted by Crippen LogP contribution is 2.41. The molecule has 0 aliphatic heterocycles. The zero-order valence-electron chi connectivity index (χ0n) is 10.5. The summed E-state index contributed by atoms with van der Waals surface area (Å²) in [5.74, 6) is 0.305. The van der Waals surface area contributed by atoms with E-state index in [1.807, 2.05) is 6.07 Å². The van der Waals surface area contributed by atoms with Crippen molar-refractivity contribution in [3.05, 3.63) is 34.6 Å². The predicted molar refractivity (Wildman–Crippen MR) is 70.8 cm³/mol. The van der Waals surface area contributed by atoms with E-state index in [-0.39, 0.29) is 10.4 Å². The first-order valence-corrected chi connectivity index (χ1v) is 6.78. The minimum atomic E-state index is -0.397. The molecule has 0 spiro atoms. The number of hydrogen-bond acceptors (Lipinski definition) is 1. The third kappa shape index (κ3) is 2.84. The summed E-state index contributed by atoms with van der Waals surface area (Å²) in [5, 5.41) is 9.58. The van der Waals surface area contributed by atoms with E-state index >= 15 is 0 Å². The Balaban J connectivity index is 2.15. The maximum Gasteiger partial charge on any atom is 0.142 e. The van der Waals surface area contributed by atoms with Crippen molar-refractivity contribution in [3.8, 4) is 6.07 Å². The Hall–Kier alpha value is -1.07. The standard InChI is InChI=1S/C15H17ClFN/c1-11-4-6-15(10-18,7-5-11)9-12-2-3-13(16)14(17)8-12/h2-3,8,11H,4-7,9H2,1H3. The van der Waals surface area contributed by atoms with Crippen LogP contribution in [0.1, 0.15) is 38.2 Å². The molecule has 1 aliphatic carbocycles. The number of halogens is 2. The van der Waals surface area contributed by atoms with Crippen LogP contribution in [0.15, 0.2) is 18.2 Å². The van der Waals surface area contributed by atoms with Crippen LogP contribution in [0.2, 0.25) is 5.02 Å². The molecular formula is C15H17ClFN. The number of nitriles is 1. The van der Waals surface area contributed by atoms with Gasteiger partial charge in [-0.1, -0.05) is 24.6 Å². The highest BCUT2D eigenvalue weighted by Gasteiger charge is 2.34. The summed E-state index contributed by atoms with van der Waals surface area (Å²) in [7, 11) is 0. The third-order valence-corrected chi connectivity index (χ3v) is 4.30. The molecule has 0 unspecified atom stereocenters. The van der Waals surface area contributed by atoms with Gasteiger partial charge in [0.1, 0.15) is 5.82 Å². The second-order valence-corrected chi connectivity index (χ2v) is 5.91. The Bertz CT molecular complexity index is 470. The molecular weight excluding hydrogens is 249 g/mol. The second-order valence-electron chi connectivity index (χ2n) is 5.50. The van der Waals surface area contributed by atoms with E-state index in [9.17, 15) is 9.65 Å². The largest absolute Gasteiger partial charge is 0.205 e. The number of rotatable bonds is 2. The molecule has 1 aromatic carbocycles. The van der Waals surface area contributed by atoms with Crippen LogP contribution in [0.3, 0.4) is 0 Å². The van der Waals surface area contributed by atoms with Crippen molar-refractivity contribution in [1.29, 1.82) is 5.26 Å². The quantitative estimate of drug-likeness (QED) is 0.758. The fourth-order valence-electron chi connectivity index (χ4n) is 2.68. The molecule has 0 radical (unpaired) electrons. The molecule has 0 bridgehead atoms. The van der Waals surface area contributed by atoms with Crippen LogP contribution in [-0.2, 0) is 6.42 Å². The van der Waals surface area contributed by atoms with Gasteiger partial charge >= 0.3 is 0 Å². The van der Waals surface area contributed by atoms with Gasteiger partial charge in [0.25, 0.3) is 0 Å². The number of benzene rings is 1. The summed E-state index contributed by atoms with van der Waals surface area (Å²) in [5.41, 5.74) is 0.556. The minimum Gasteiger partial charge on any atom is -0.205 e. The van der Waals surface area contributed by atoms with E-state index in [1.165, 1.54) is 6.07 Å². The zero-order chi connectivity index (χ0) is 13.2. The van der Waals surface area contributed by atoms with Crippen LogP contribution in [0.25, 0.3) is 0 Å². The summed E-state index contributed by atoms with van der Waals surface area (Å²) >= 11 is 5.67. The van der Waals surface area contributed by atoms with Crippen molar-refractivity contribution in [2.75, 3.05) is 0 Å². The van der Waals surface area contributed by atoms with Gasteiger partial charge in [0, 0.05) is 0 Å². The van der Waals surface area contributed by atoms with E-state index in [4.69, 9.17) is 11.6 Å². The maximum atomic E-state index is 13.4. The van der Waals surface area contributed by atoms with Crippen LogP contribution >= 0.6 is 11.6 Å². The first kappa shape index (κ1) is 13.4. The van der Waals surface area contributed by atoms with Gasteiger partial charge in [-0.05, 0) is 55.7 Å². The Kier molecular flexibility index (Phi) is 3.92. The van der Waals surface area contributed by atoms with Gasteiger partial charge in [0.15, 0.2) is 0 Å². The summed E-state index contributed by atoms with van der Waals surface area (Å²) < 4.78 is 13.4. The lowest BCUT2D eigenvalue weighted by molar-refractivity contribution is 0.218. The second kappa shape index (κ2) is 5.28. The van der Waals surface area contributed by atoms with Gasteiger partial charge < -0.3 is 0 Å². The Morgan fingerprint density at radius 1 is 1.44 bits per heavy atom. The molecule has 18 heavy (non-hydrogen) atoms. The highest BCUT2D eigenvalue weighted by atomic mass is 35.5. The van der Waals surface area contributed by atoms with Crippen LogP contribution in [-0.4, -0.2) is 0 Å².